The number of anilines is 3. The minimum Gasteiger partial charge on any atom is -0.395 e. The second-order valence-electron chi connectivity index (χ2n) is 4.16. The number of alkyl halides is 3. The van der Waals surface area contributed by atoms with Crippen molar-refractivity contribution in [3.05, 3.63) is 0 Å². The molecule has 0 aliphatic carbocycles. The molecule has 2 N–H and O–H groups in total. The number of nitrogens with zero attached hydrogens (tertiary/aromatic N) is 5. The summed E-state index contributed by atoms with van der Waals surface area (Å²) in [6, 6.07) is 0. The van der Waals surface area contributed by atoms with E-state index in [2.05, 4.69) is 20.3 Å². The van der Waals surface area contributed by atoms with Gasteiger partial charge in [0.1, 0.15) is 6.54 Å². The Balaban J connectivity index is 3.14. The van der Waals surface area contributed by atoms with E-state index in [1.165, 1.54) is 0 Å². The number of aliphatic hydroxyl groups excluding tert-OH is 1. The molecule has 0 radical (unpaired) electrons. The maximum absolute atomic E-state index is 12.5. The molecule has 0 unspecified atom stereocenters. The van der Waals surface area contributed by atoms with Gasteiger partial charge in [0.15, 0.2) is 0 Å². The highest BCUT2D eigenvalue weighted by molar-refractivity contribution is 5.44. The molecule has 0 aliphatic heterocycles. The van der Waals surface area contributed by atoms with Gasteiger partial charge < -0.3 is 20.2 Å². The van der Waals surface area contributed by atoms with Crippen molar-refractivity contribution in [2.75, 3.05) is 56.0 Å². The lowest BCUT2D eigenvalue weighted by atomic mass is 10.5. The largest absolute Gasteiger partial charge is 0.406 e. The SMILES string of the molecule is CNc1nc(N(C)C)nc(N(CCO)CC(F)(F)F)n1. The molecule has 1 aromatic rings. The maximum Gasteiger partial charge on any atom is 0.406 e. The molecule has 1 rings (SSSR count). The molecule has 0 bridgehead atoms. The molecule has 7 nitrogen and oxygen atoms in total. The van der Waals surface area contributed by atoms with Gasteiger partial charge in [0, 0.05) is 27.7 Å². The monoisotopic (exact) mass is 294 g/mol. The molecule has 114 valence electrons. The molecule has 0 aromatic carbocycles. The third-order valence-corrected chi connectivity index (χ3v) is 2.26. The molecule has 0 fully saturated rings. The zero-order chi connectivity index (χ0) is 15.3. The Kier molecular flexibility index (Phi) is 5.31. The first-order valence-electron chi connectivity index (χ1n) is 5.80. The van der Waals surface area contributed by atoms with Crippen molar-refractivity contribution < 1.29 is 18.3 Å². The summed E-state index contributed by atoms with van der Waals surface area (Å²) in [6.45, 7) is -1.90. The Bertz CT molecular complexity index is 439. The van der Waals surface area contributed by atoms with Crippen LogP contribution >= 0.6 is 0 Å². The van der Waals surface area contributed by atoms with Gasteiger partial charge in [-0.2, -0.15) is 28.1 Å². The number of halogens is 3. The van der Waals surface area contributed by atoms with Crippen LogP contribution in [0.15, 0.2) is 0 Å². The van der Waals surface area contributed by atoms with Crippen LogP contribution in [0.4, 0.5) is 31.0 Å². The van der Waals surface area contributed by atoms with Gasteiger partial charge in [-0.05, 0) is 0 Å². The Morgan fingerprint density at radius 1 is 1.15 bits per heavy atom. The number of nitrogens with one attached hydrogen (secondary N) is 1. The minimum absolute atomic E-state index is 0.139. The van der Waals surface area contributed by atoms with E-state index in [1.807, 2.05) is 0 Å². The van der Waals surface area contributed by atoms with Crippen LogP contribution < -0.4 is 15.1 Å². The lowest BCUT2D eigenvalue weighted by Gasteiger charge is -2.24. The summed E-state index contributed by atoms with van der Waals surface area (Å²) in [5, 5.41) is 11.6. The van der Waals surface area contributed by atoms with Gasteiger partial charge in [0.2, 0.25) is 17.8 Å². The van der Waals surface area contributed by atoms with Crippen molar-refractivity contribution in [2.24, 2.45) is 0 Å². The highest BCUT2D eigenvalue weighted by Crippen LogP contribution is 2.21. The molecule has 0 atom stereocenters. The van der Waals surface area contributed by atoms with E-state index < -0.39 is 19.3 Å². The van der Waals surface area contributed by atoms with Crippen molar-refractivity contribution in [1.29, 1.82) is 0 Å². The topological polar surface area (TPSA) is 77.4 Å². The first-order valence-corrected chi connectivity index (χ1v) is 5.80. The third kappa shape index (κ3) is 4.68. The van der Waals surface area contributed by atoms with Crippen molar-refractivity contribution >= 4 is 17.8 Å². The molecule has 0 spiro atoms. The van der Waals surface area contributed by atoms with E-state index in [0.29, 0.717) is 0 Å². The molecular weight excluding hydrogens is 277 g/mol. The van der Waals surface area contributed by atoms with E-state index in [4.69, 9.17) is 5.11 Å². The van der Waals surface area contributed by atoms with Crippen LogP contribution in [0.1, 0.15) is 0 Å². The molecule has 10 heteroatoms. The smallest absolute Gasteiger partial charge is 0.395 e. The van der Waals surface area contributed by atoms with Gasteiger partial charge in [-0.3, -0.25) is 0 Å². The predicted molar refractivity (Wildman–Crippen MR) is 69.1 cm³/mol. The van der Waals surface area contributed by atoms with Crippen molar-refractivity contribution in [1.82, 2.24) is 15.0 Å². The van der Waals surface area contributed by atoms with Gasteiger partial charge in [0.05, 0.1) is 6.61 Å². The zero-order valence-electron chi connectivity index (χ0n) is 11.4. The van der Waals surface area contributed by atoms with Crippen LogP contribution in [0.5, 0.6) is 0 Å². The van der Waals surface area contributed by atoms with Gasteiger partial charge in [-0.25, -0.2) is 0 Å². The number of rotatable bonds is 6. The summed E-state index contributed by atoms with van der Waals surface area (Å²) < 4.78 is 37.6. The first-order chi connectivity index (χ1) is 9.26. The van der Waals surface area contributed by atoms with E-state index in [-0.39, 0.29) is 24.4 Å². The zero-order valence-corrected chi connectivity index (χ0v) is 11.4. The maximum atomic E-state index is 12.5. The van der Waals surface area contributed by atoms with Crippen molar-refractivity contribution in [2.45, 2.75) is 6.18 Å². The van der Waals surface area contributed by atoms with Crippen molar-refractivity contribution in [3.63, 3.8) is 0 Å². The molecule has 1 heterocycles. The van der Waals surface area contributed by atoms with Gasteiger partial charge in [-0.15, -0.1) is 0 Å². The normalized spacial score (nSPS) is 11.3. The second-order valence-corrected chi connectivity index (χ2v) is 4.16. The molecular formula is C10H17F3N6O. The second kappa shape index (κ2) is 6.55. The van der Waals surface area contributed by atoms with Crippen LogP contribution in [0.25, 0.3) is 0 Å². The minimum atomic E-state index is -4.42. The number of hydrogen-bond donors (Lipinski definition) is 2. The van der Waals surface area contributed by atoms with Crippen LogP contribution in [0.2, 0.25) is 0 Å². The highest BCUT2D eigenvalue weighted by Gasteiger charge is 2.32. The van der Waals surface area contributed by atoms with E-state index in [9.17, 15) is 13.2 Å². The molecule has 0 amide bonds. The molecule has 1 aromatic heterocycles. The summed E-state index contributed by atoms with van der Waals surface area (Å²) >= 11 is 0. The predicted octanol–water partition coefficient (Wildman–Crippen LogP) is 0.340. The van der Waals surface area contributed by atoms with E-state index in [1.54, 1.807) is 26.0 Å². The Labute approximate surface area is 114 Å². The number of hydrogen-bond acceptors (Lipinski definition) is 7. The average Bonchev–Trinajstić information content (AvgIpc) is 2.36. The molecule has 0 aliphatic rings. The van der Waals surface area contributed by atoms with Crippen LogP contribution in [0.3, 0.4) is 0 Å². The van der Waals surface area contributed by atoms with Gasteiger partial charge >= 0.3 is 6.18 Å². The molecule has 20 heavy (non-hydrogen) atoms. The van der Waals surface area contributed by atoms with Crippen LogP contribution in [0, 0.1) is 0 Å². The Morgan fingerprint density at radius 3 is 2.20 bits per heavy atom. The van der Waals surface area contributed by atoms with Crippen molar-refractivity contribution in [3.8, 4) is 0 Å². The van der Waals surface area contributed by atoms with E-state index in [0.717, 1.165) is 4.90 Å². The van der Waals surface area contributed by atoms with E-state index >= 15 is 0 Å². The Morgan fingerprint density at radius 2 is 1.75 bits per heavy atom. The lowest BCUT2D eigenvalue weighted by Crippen LogP contribution is -2.37. The molecule has 0 saturated heterocycles. The summed E-state index contributed by atoms with van der Waals surface area (Å²) in [7, 11) is 4.89. The fraction of sp³-hybridized carbons (Fsp3) is 0.700. The fourth-order valence-corrected chi connectivity index (χ4v) is 1.39. The average molecular weight is 294 g/mol. The quantitative estimate of drug-likeness (QED) is 0.783. The van der Waals surface area contributed by atoms with Gasteiger partial charge in [0.25, 0.3) is 0 Å². The summed E-state index contributed by atoms with van der Waals surface area (Å²) in [5.74, 6) is 0.243. The molecule has 0 saturated carbocycles. The van der Waals surface area contributed by atoms with Gasteiger partial charge in [-0.1, -0.05) is 0 Å². The van der Waals surface area contributed by atoms with Crippen LogP contribution in [-0.4, -0.2) is 67.1 Å². The lowest BCUT2D eigenvalue weighted by molar-refractivity contribution is -0.120. The van der Waals surface area contributed by atoms with Crippen LogP contribution in [-0.2, 0) is 0 Å². The number of aliphatic hydroxyl groups is 1. The fourth-order valence-electron chi connectivity index (χ4n) is 1.39. The standard InChI is InChI=1S/C10H17F3N6O/c1-14-7-15-8(18(2)3)17-9(16-7)19(4-5-20)6-10(11,12)13/h20H,4-6H2,1-3H3,(H,14,15,16,17). The summed E-state index contributed by atoms with van der Waals surface area (Å²) in [5.41, 5.74) is 0. The highest BCUT2D eigenvalue weighted by atomic mass is 19.4. The third-order valence-electron chi connectivity index (χ3n) is 2.26. The summed E-state index contributed by atoms with van der Waals surface area (Å²) in [6.07, 6.45) is -4.42. The summed E-state index contributed by atoms with van der Waals surface area (Å²) in [4.78, 5) is 14.3. The number of aromatic nitrogens is 3. The first kappa shape index (κ1) is 16.2. The Hall–Kier alpha value is -1.84.